The Bertz CT molecular complexity index is 678. The first kappa shape index (κ1) is 16.4. The van der Waals surface area contributed by atoms with Crippen LogP contribution in [-0.2, 0) is 11.3 Å². The van der Waals surface area contributed by atoms with Gasteiger partial charge >= 0.3 is 6.03 Å². The Labute approximate surface area is 134 Å². The van der Waals surface area contributed by atoms with Crippen LogP contribution in [0.3, 0.4) is 0 Å². The van der Waals surface area contributed by atoms with Crippen molar-refractivity contribution in [3.8, 4) is 18.1 Å². The zero-order valence-corrected chi connectivity index (χ0v) is 12.7. The van der Waals surface area contributed by atoms with Crippen LogP contribution in [0.4, 0.5) is 4.79 Å². The van der Waals surface area contributed by atoms with Crippen molar-refractivity contribution in [2.24, 2.45) is 0 Å². The second-order valence-electron chi connectivity index (χ2n) is 4.93. The number of fused-ring (bicyclic) bond motifs is 1. The van der Waals surface area contributed by atoms with E-state index >= 15 is 0 Å². The van der Waals surface area contributed by atoms with E-state index in [9.17, 15) is 14.4 Å². The van der Waals surface area contributed by atoms with Gasteiger partial charge in [0, 0.05) is 25.2 Å². The summed E-state index contributed by atoms with van der Waals surface area (Å²) >= 11 is 0. The minimum absolute atomic E-state index is 0.107. The molecule has 2 rings (SSSR count). The molecule has 1 aliphatic rings. The number of amides is 4. The summed E-state index contributed by atoms with van der Waals surface area (Å²) in [6.07, 6.45) is 4.81. The SMILES string of the molecule is C#CCC(=O)NC(=O)NCCN1Cc2ccc(OC)cc2C1=O. The molecule has 0 atom stereocenters. The molecule has 1 heterocycles. The first-order chi connectivity index (χ1) is 11.0. The normalized spacial score (nSPS) is 12.3. The first-order valence-corrected chi connectivity index (χ1v) is 7.02. The summed E-state index contributed by atoms with van der Waals surface area (Å²) in [5, 5.41) is 4.61. The number of carbonyl (C=O) groups is 3. The molecule has 0 radical (unpaired) electrons. The van der Waals surface area contributed by atoms with Crippen molar-refractivity contribution >= 4 is 17.8 Å². The van der Waals surface area contributed by atoms with Crippen molar-refractivity contribution in [2.45, 2.75) is 13.0 Å². The van der Waals surface area contributed by atoms with Gasteiger partial charge in [-0.15, -0.1) is 6.42 Å². The van der Waals surface area contributed by atoms with Crippen LogP contribution in [0.15, 0.2) is 18.2 Å². The number of urea groups is 1. The average Bonchev–Trinajstić information content (AvgIpc) is 2.83. The Morgan fingerprint density at radius 2 is 2.22 bits per heavy atom. The topological polar surface area (TPSA) is 87.7 Å². The summed E-state index contributed by atoms with van der Waals surface area (Å²) in [7, 11) is 1.54. The highest BCUT2D eigenvalue weighted by Crippen LogP contribution is 2.26. The van der Waals surface area contributed by atoms with Gasteiger partial charge in [0.2, 0.25) is 5.91 Å². The molecular formula is C16H17N3O4. The van der Waals surface area contributed by atoms with E-state index in [1.807, 2.05) is 6.07 Å². The van der Waals surface area contributed by atoms with E-state index in [1.54, 1.807) is 24.1 Å². The lowest BCUT2D eigenvalue weighted by Gasteiger charge is -2.15. The largest absolute Gasteiger partial charge is 0.497 e. The summed E-state index contributed by atoms with van der Waals surface area (Å²) in [6, 6.07) is 4.73. The lowest BCUT2D eigenvalue weighted by molar-refractivity contribution is -0.119. The van der Waals surface area contributed by atoms with Gasteiger partial charge in [-0.05, 0) is 17.7 Å². The molecule has 0 aliphatic carbocycles. The second kappa shape index (κ2) is 7.31. The summed E-state index contributed by atoms with van der Waals surface area (Å²) in [6.45, 7) is 1.05. The number of rotatable bonds is 5. The molecule has 1 aliphatic heterocycles. The smallest absolute Gasteiger partial charge is 0.321 e. The number of methoxy groups -OCH3 is 1. The number of nitrogens with one attached hydrogen (secondary N) is 2. The van der Waals surface area contributed by atoms with Crippen LogP contribution in [0.2, 0.25) is 0 Å². The van der Waals surface area contributed by atoms with Crippen LogP contribution in [0.1, 0.15) is 22.3 Å². The molecule has 2 N–H and O–H groups in total. The molecule has 7 nitrogen and oxygen atoms in total. The molecule has 0 saturated heterocycles. The van der Waals surface area contributed by atoms with E-state index in [4.69, 9.17) is 11.2 Å². The standard InChI is InChI=1S/C16H17N3O4/c1-3-4-14(20)18-16(22)17-7-8-19-10-11-5-6-12(23-2)9-13(11)15(19)21/h1,5-6,9H,4,7-8,10H2,2H3,(H2,17,18,20,22). The summed E-state index contributed by atoms with van der Waals surface area (Å²) in [5.41, 5.74) is 1.53. The molecule has 0 unspecified atom stereocenters. The van der Waals surface area contributed by atoms with Gasteiger partial charge in [-0.25, -0.2) is 4.79 Å². The lowest BCUT2D eigenvalue weighted by atomic mass is 10.1. The highest BCUT2D eigenvalue weighted by atomic mass is 16.5. The van der Waals surface area contributed by atoms with E-state index in [2.05, 4.69) is 16.6 Å². The Morgan fingerprint density at radius 1 is 1.43 bits per heavy atom. The van der Waals surface area contributed by atoms with Crippen molar-refractivity contribution in [3.63, 3.8) is 0 Å². The van der Waals surface area contributed by atoms with E-state index in [1.165, 1.54) is 0 Å². The van der Waals surface area contributed by atoms with Gasteiger partial charge in [-0.3, -0.25) is 14.9 Å². The third kappa shape index (κ3) is 4.01. The quantitative estimate of drug-likeness (QED) is 0.775. The zero-order valence-electron chi connectivity index (χ0n) is 12.7. The Balaban J connectivity index is 1.82. The van der Waals surface area contributed by atoms with Crippen molar-refractivity contribution in [3.05, 3.63) is 29.3 Å². The summed E-state index contributed by atoms with van der Waals surface area (Å²) in [4.78, 5) is 36.5. The van der Waals surface area contributed by atoms with E-state index in [-0.39, 0.29) is 18.9 Å². The maximum absolute atomic E-state index is 12.3. The van der Waals surface area contributed by atoms with Gasteiger partial charge < -0.3 is 15.0 Å². The molecule has 0 spiro atoms. The monoisotopic (exact) mass is 315 g/mol. The third-order valence-electron chi connectivity index (χ3n) is 3.38. The van der Waals surface area contributed by atoms with Crippen LogP contribution in [0.5, 0.6) is 5.75 Å². The fourth-order valence-corrected chi connectivity index (χ4v) is 2.26. The fraction of sp³-hybridized carbons (Fsp3) is 0.312. The molecule has 0 aromatic heterocycles. The van der Waals surface area contributed by atoms with Crippen molar-refractivity contribution in [1.29, 1.82) is 0 Å². The highest BCUT2D eigenvalue weighted by molar-refractivity contribution is 5.99. The van der Waals surface area contributed by atoms with Gasteiger partial charge in [0.1, 0.15) is 5.75 Å². The predicted molar refractivity (Wildman–Crippen MR) is 82.7 cm³/mol. The zero-order chi connectivity index (χ0) is 16.8. The molecule has 1 aromatic rings. The number of ether oxygens (including phenoxy) is 1. The Morgan fingerprint density at radius 3 is 2.91 bits per heavy atom. The molecule has 1 aromatic carbocycles. The van der Waals surface area contributed by atoms with Crippen LogP contribution in [0, 0.1) is 12.3 Å². The van der Waals surface area contributed by atoms with Crippen LogP contribution in [0.25, 0.3) is 0 Å². The van der Waals surface area contributed by atoms with E-state index < -0.39 is 11.9 Å². The molecule has 0 fully saturated rings. The van der Waals surface area contributed by atoms with E-state index in [0.29, 0.717) is 24.4 Å². The Kier molecular flexibility index (Phi) is 5.20. The molecule has 0 saturated carbocycles. The first-order valence-electron chi connectivity index (χ1n) is 7.02. The van der Waals surface area contributed by atoms with Crippen molar-refractivity contribution < 1.29 is 19.1 Å². The molecule has 0 bridgehead atoms. The van der Waals surface area contributed by atoms with Crippen molar-refractivity contribution in [2.75, 3.05) is 20.2 Å². The number of carbonyl (C=O) groups excluding carboxylic acids is 3. The molecule has 7 heteroatoms. The number of hydrogen-bond acceptors (Lipinski definition) is 4. The number of benzene rings is 1. The number of imide groups is 1. The maximum atomic E-state index is 12.3. The van der Waals surface area contributed by atoms with Crippen LogP contribution < -0.4 is 15.4 Å². The Hall–Kier alpha value is -3.01. The lowest BCUT2D eigenvalue weighted by Crippen LogP contribution is -2.42. The van der Waals surface area contributed by atoms with E-state index in [0.717, 1.165) is 5.56 Å². The second-order valence-corrected chi connectivity index (χ2v) is 4.93. The molecule has 4 amide bonds. The van der Waals surface area contributed by atoms with Gasteiger partial charge in [-0.1, -0.05) is 12.0 Å². The number of hydrogen-bond donors (Lipinski definition) is 2. The van der Waals surface area contributed by atoms with Crippen LogP contribution >= 0.6 is 0 Å². The minimum Gasteiger partial charge on any atom is -0.497 e. The summed E-state index contributed by atoms with van der Waals surface area (Å²) < 4.78 is 5.11. The molecule has 23 heavy (non-hydrogen) atoms. The average molecular weight is 315 g/mol. The van der Waals surface area contributed by atoms with Gasteiger partial charge in [0.05, 0.1) is 13.5 Å². The summed E-state index contributed by atoms with van der Waals surface area (Å²) in [5.74, 6) is 2.12. The van der Waals surface area contributed by atoms with Gasteiger partial charge in [0.15, 0.2) is 0 Å². The van der Waals surface area contributed by atoms with Gasteiger partial charge in [-0.2, -0.15) is 0 Å². The minimum atomic E-state index is -0.629. The highest BCUT2D eigenvalue weighted by Gasteiger charge is 2.27. The van der Waals surface area contributed by atoms with Crippen molar-refractivity contribution in [1.82, 2.24) is 15.5 Å². The molecule has 120 valence electrons. The van der Waals surface area contributed by atoms with Crippen LogP contribution in [-0.4, -0.2) is 42.9 Å². The fourth-order valence-electron chi connectivity index (χ4n) is 2.26. The molecular weight excluding hydrogens is 298 g/mol. The predicted octanol–water partition coefficient (Wildman–Crippen LogP) is 0.500. The number of terminal acetylenes is 1. The van der Waals surface area contributed by atoms with Gasteiger partial charge in [0.25, 0.3) is 5.91 Å². The number of nitrogens with zero attached hydrogens (tertiary/aromatic N) is 1. The maximum Gasteiger partial charge on any atom is 0.321 e. The third-order valence-corrected chi connectivity index (χ3v) is 3.38.